The highest BCUT2D eigenvalue weighted by molar-refractivity contribution is 5.75. The molecule has 3 aromatic carbocycles. The van der Waals surface area contributed by atoms with Crippen LogP contribution in [-0.2, 0) is 15.1 Å². The molecule has 0 aliphatic rings. The molecule has 0 saturated carbocycles. The van der Waals surface area contributed by atoms with Crippen molar-refractivity contribution in [3.63, 3.8) is 0 Å². The van der Waals surface area contributed by atoms with Gasteiger partial charge in [-0.25, -0.2) is 0 Å². The second-order valence-corrected chi connectivity index (χ2v) is 5.90. The maximum Gasteiger partial charge on any atom is 0.243 e. The summed E-state index contributed by atoms with van der Waals surface area (Å²) in [5, 5.41) is 0. The lowest BCUT2D eigenvalue weighted by molar-refractivity contribution is -0.126. The Hall–Kier alpha value is -3.11. The minimum atomic E-state index is -0.955. The van der Waals surface area contributed by atoms with Crippen molar-refractivity contribution in [1.82, 2.24) is 0 Å². The van der Waals surface area contributed by atoms with Crippen molar-refractivity contribution < 1.29 is 14.3 Å². The fourth-order valence-corrected chi connectivity index (χ4v) is 3.10. The van der Waals surface area contributed by atoms with E-state index < -0.39 is 11.5 Å². The van der Waals surface area contributed by atoms with Gasteiger partial charge >= 0.3 is 0 Å². The second-order valence-electron chi connectivity index (χ2n) is 5.90. The smallest absolute Gasteiger partial charge is 0.243 e. The van der Waals surface area contributed by atoms with Gasteiger partial charge in [0.15, 0.2) is 0 Å². The number of hydrogen-bond acceptors (Lipinski definition) is 3. The first-order chi connectivity index (χ1) is 12.7. The van der Waals surface area contributed by atoms with E-state index in [1.165, 1.54) is 0 Å². The van der Waals surface area contributed by atoms with E-state index in [1.54, 1.807) is 7.11 Å². The molecule has 3 aromatic rings. The molecular formula is C22H21NO3. The highest BCUT2D eigenvalue weighted by Gasteiger charge is 2.38. The average molecular weight is 347 g/mol. The zero-order valence-electron chi connectivity index (χ0n) is 14.6. The third kappa shape index (κ3) is 3.46. The van der Waals surface area contributed by atoms with Gasteiger partial charge in [-0.3, -0.25) is 4.79 Å². The fourth-order valence-electron chi connectivity index (χ4n) is 3.10. The summed E-state index contributed by atoms with van der Waals surface area (Å²) in [7, 11) is 1.63. The summed E-state index contributed by atoms with van der Waals surface area (Å²) in [6.07, 6.45) is 0. The van der Waals surface area contributed by atoms with Crippen molar-refractivity contribution in [3.05, 3.63) is 102 Å². The Balaban J connectivity index is 2.24. The van der Waals surface area contributed by atoms with Gasteiger partial charge in [0.1, 0.15) is 18.0 Å². The van der Waals surface area contributed by atoms with Crippen LogP contribution in [0.5, 0.6) is 5.75 Å². The van der Waals surface area contributed by atoms with E-state index in [2.05, 4.69) is 0 Å². The number of primary amides is 1. The topological polar surface area (TPSA) is 61.6 Å². The summed E-state index contributed by atoms with van der Waals surface area (Å²) < 4.78 is 11.5. The number of amides is 1. The maximum atomic E-state index is 11.5. The number of nitrogens with two attached hydrogens (primary N) is 1. The van der Waals surface area contributed by atoms with Crippen molar-refractivity contribution in [2.75, 3.05) is 13.7 Å². The van der Waals surface area contributed by atoms with E-state index in [4.69, 9.17) is 15.2 Å². The van der Waals surface area contributed by atoms with Gasteiger partial charge in [0.2, 0.25) is 5.91 Å². The van der Waals surface area contributed by atoms with Gasteiger partial charge in [-0.2, -0.15) is 0 Å². The minimum absolute atomic E-state index is 0.199. The molecule has 0 radical (unpaired) electrons. The number of carbonyl (C=O) groups is 1. The Morgan fingerprint density at radius 2 is 1.27 bits per heavy atom. The molecule has 0 aliphatic carbocycles. The van der Waals surface area contributed by atoms with E-state index in [1.807, 2.05) is 84.9 Å². The maximum absolute atomic E-state index is 11.5. The number of hydrogen-bond donors (Lipinski definition) is 1. The molecule has 0 atom stereocenters. The number of ether oxygens (including phenoxy) is 2. The van der Waals surface area contributed by atoms with Gasteiger partial charge < -0.3 is 15.2 Å². The molecule has 0 unspecified atom stereocenters. The molecule has 4 heteroatoms. The summed E-state index contributed by atoms with van der Waals surface area (Å²) >= 11 is 0. The molecule has 0 aromatic heterocycles. The summed E-state index contributed by atoms with van der Waals surface area (Å²) in [5.41, 5.74) is 7.16. The van der Waals surface area contributed by atoms with Crippen LogP contribution >= 0.6 is 0 Å². The van der Waals surface area contributed by atoms with Gasteiger partial charge in [-0.1, -0.05) is 72.8 Å². The van der Waals surface area contributed by atoms with Crippen LogP contribution in [0.3, 0.4) is 0 Å². The van der Waals surface area contributed by atoms with Crippen LogP contribution in [-0.4, -0.2) is 19.6 Å². The van der Waals surface area contributed by atoms with Gasteiger partial charge in [0, 0.05) is 0 Å². The SMILES string of the molecule is COc1ccc(C(OCC(N)=O)(c2ccccc2)c2ccccc2)cc1. The molecule has 0 fully saturated rings. The lowest BCUT2D eigenvalue weighted by Gasteiger charge is -2.35. The Morgan fingerprint density at radius 3 is 1.69 bits per heavy atom. The van der Waals surface area contributed by atoms with Gasteiger partial charge in [0.05, 0.1) is 7.11 Å². The lowest BCUT2D eigenvalue weighted by Crippen LogP contribution is -2.36. The van der Waals surface area contributed by atoms with E-state index in [0.29, 0.717) is 0 Å². The third-order valence-electron chi connectivity index (χ3n) is 4.29. The Morgan fingerprint density at radius 1 is 0.808 bits per heavy atom. The van der Waals surface area contributed by atoms with E-state index >= 15 is 0 Å². The summed E-state index contributed by atoms with van der Waals surface area (Å²) in [6, 6.07) is 27.3. The molecule has 0 saturated heterocycles. The first-order valence-corrected chi connectivity index (χ1v) is 8.34. The number of rotatable bonds is 7. The van der Waals surface area contributed by atoms with Crippen LogP contribution in [0.25, 0.3) is 0 Å². The molecule has 2 N–H and O–H groups in total. The molecule has 0 aliphatic heterocycles. The summed E-state index contributed by atoms with van der Waals surface area (Å²) in [6.45, 7) is -0.199. The zero-order chi connectivity index (χ0) is 18.4. The standard InChI is InChI=1S/C22H21NO3/c1-25-20-14-12-19(13-15-20)22(26-16-21(23)24,17-8-4-2-5-9-17)18-10-6-3-7-11-18/h2-15H,16H2,1H3,(H2,23,24). The van der Waals surface area contributed by atoms with Crippen molar-refractivity contribution in [3.8, 4) is 5.75 Å². The van der Waals surface area contributed by atoms with Crippen molar-refractivity contribution in [1.29, 1.82) is 0 Å². The predicted molar refractivity (Wildman–Crippen MR) is 101 cm³/mol. The molecule has 0 spiro atoms. The molecule has 3 rings (SSSR count). The van der Waals surface area contributed by atoms with E-state index in [0.717, 1.165) is 22.4 Å². The lowest BCUT2D eigenvalue weighted by atomic mass is 9.80. The Bertz CT molecular complexity index is 806. The highest BCUT2D eigenvalue weighted by Crippen LogP contribution is 2.40. The second kappa shape index (κ2) is 7.85. The zero-order valence-corrected chi connectivity index (χ0v) is 14.6. The van der Waals surface area contributed by atoms with Crippen LogP contribution in [0.4, 0.5) is 0 Å². The number of benzene rings is 3. The predicted octanol–water partition coefficient (Wildman–Crippen LogP) is 3.49. The van der Waals surface area contributed by atoms with Gasteiger partial charge in [0.25, 0.3) is 0 Å². The normalized spacial score (nSPS) is 11.1. The summed E-state index contributed by atoms with van der Waals surface area (Å²) in [4.78, 5) is 11.5. The van der Waals surface area contributed by atoms with Crippen molar-refractivity contribution in [2.24, 2.45) is 5.73 Å². The minimum Gasteiger partial charge on any atom is -0.497 e. The average Bonchev–Trinajstić information content (AvgIpc) is 2.70. The first-order valence-electron chi connectivity index (χ1n) is 8.34. The number of carbonyl (C=O) groups excluding carboxylic acids is 1. The van der Waals surface area contributed by atoms with Crippen molar-refractivity contribution >= 4 is 5.91 Å². The Kier molecular flexibility index (Phi) is 5.34. The van der Waals surface area contributed by atoms with Crippen LogP contribution in [0, 0.1) is 0 Å². The fraction of sp³-hybridized carbons (Fsp3) is 0.136. The first kappa shape index (κ1) is 17.7. The van der Waals surface area contributed by atoms with Crippen LogP contribution in [0.15, 0.2) is 84.9 Å². The van der Waals surface area contributed by atoms with Gasteiger partial charge in [-0.15, -0.1) is 0 Å². The highest BCUT2D eigenvalue weighted by atomic mass is 16.5. The monoisotopic (exact) mass is 347 g/mol. The molecular weight excluding hydrogens is 326 g/mol. The molecule has 0 heterocycles. The van der Waals surface area contributed by atoms with Crippen LogP contribution in [0.2, 0.25) is 0 Å². The molecule has 1 amide bonds. The van der Waals surface area contributed by atoms with E-state index in [9.17, 15) is 4.79 Å². The van der Waals surface area contributed by atoms with Crippen LogP contribution in [0.1, 0.15) is 16.7 Å². The van der Waals surface area contributed by atoms with E-state index in [-0.39, 0.29) is 6.61 Å². The molecule has 4 nitrogen and oxygen atoms in total. The molecule has 0 bridgehead atoms. The third-order valence-corrected chi connectivity index (χ3v) is 4.29. The summed E-state index contributed by atoms with van der Waals surface area (Å²) in [5.74, 6) is 0.230. The van der Waals surface area contributed by atoms with Crippen LogP contribution < -0.4 is 10.5 Å². The van der Waals surface area contributed by atoms with Gasteiger partial charge in [-0.05, 0) is 28.8 Å². The molecule has 26 heavy (non-hydrogen) atoms. The van der Waals surface area contributed by atoms with Crippen molar-refractivity contribution in [2.45, 2.75) is 5.60 Å². The molecule has 132 valence electrons. The Labute approximate surface area is 153 Å². The quantitative estimate of drug-likeness (QED) is 0.666. The number of methoxy groups -OCH3 is 1. The largest absolute Gasteiger partial charge is 0.497 e.